The molecule has 15 heavy (non-hydrogen) atoms. The van der Waals surface area contributed by atoms with E-state index in [1.54, 1.807) is 13.2 Å². The highest BCUT2D eigenvalue weighted by Gasteiger charge is 2.25. The third kappa shape index (κ3) is 2.89. The second-order valence-electron chi connectivity index (χ2n) is 4.18. The predicted octanol–water partition coefficient (Wildman–Crippen LogP) is 1.01. The van der Waals surface area contributed by atoms with Gasteiger partial charge in [-0.1, -0.05) is 0 Å². The van der Waals surface area contributed by atoms with E-state index in [4.69, 9.17) is 0 Å². The van der Waals surface area contributed by atoms with Crippen molar-refractivity contribution in [3.8, 4) is 0 Å². The highest BCUT2D eigenvalue weighted by molar-refractivity contribution is 5.89. The molecule has 1 heterocycles. The van der Waals surface area contributed by atoms with Crippen LogP contribution in [0.1, 0.15) is 26.3 Å². The molecule has 0 saturated carbocycles. The van der Waals surface area contributed by atoms with Crippen molar-refractivity contribution in [1.29, 1.82) is 0 Å². The van der Waals surface area contributed by atoms with Crippen LogP contribution in [0.3, 0.4) is 0 Å². The van der Waals surface area contributed by atoms with E-state index in [1.165, 1.54) is 0 Å². The molecular formula is C11H19N3O. The molecular weight excluding hydrogens is 190 g/mol. The Balaban J connectivity index is 2.66. The van der Waals surface area contributed by atoms with Gasteiger partial charge in [0.2, 0.25) is 0 Å². The quantitative estimate of drug-likeness (QED) is 0.787. The topological polar surface area (TPSA) is 46.9 Å². The first-order valence-corrected chi connectivity index (χ1v) is 5.23. The Hall–Kier alpha value is -1.16. The van der Waals surface area contributed by atoms with Crippen molar-refractivity contribution < 1.29 is 4.79 Å². The monoisotopic (exact) mass is 209 g/mol. The van der Waals surface area contributed by atoms with E-state index < -0.39 is 5.54 Å². The Kier molecular flexibility index (Phi) is 3.63. The zero-order valence-electron chi connectivity index (χ0n) is 9.87. The van der Waals surface area contributed by atoms with Crippen molar-refractivity contribution in [2.45, 2.75) is 39.3 Å². The molecule has 4 heteroatoms. The first-order valence-electron chi connectivity index (χ1n) is 5.23. The number of nitrogens with one attached hydrogen (secondary N) is 1. The van der Waals surface area contributed by atoms with Crippen LogP contribution in [0.5, 0.6) is 0 Å². The lowest BCUT2D eigenvalue weighted by Gasteiger charge is -2.21. The Labute approximate surface area is 90.7 Å². The minimum atomic E-state index is -0.464. The first kappa shape index (κ1) is 11.9. The standard InChI is InChI=1S/C11H19N3O/c1-5-14-8-9(7-13-14)6-10(15)11(2,3)12-4/h7-8,12H,5-6H2,1-4H3. The lowest BCUT2D eigenvalue weighted by atomic mass is 9.95. The number of aryl methyl sites for hydroxylation is 1. The van der Waals surface area contributed by atoms with E-state index >= 15 is 0 Å². The summed E-state index contributed by atoms with van der Waals surface area (Å²) in [6, 6.07) is 0. The summed E-state index contributed by atoms with van der Waals surface area (Å²) in [5, 5.41) is 7.15. The maximum absolute atomic E-state index is 11.9. The molecule has 84 valence electrons. The smallest absolute Gasteiger partial charge is 0.156 e. The van der Waals surface area contributed by atoms with Crippen LogP contribution in [0.2, 0.25) is 0 Å². The molecule has 0 bridgehead atoms. The number of hydrogen-bond donors (Lipinski definition) is 1. The fraction of sp³-hybridized carbons (Fsp3) is 0.636. The van der Waals surface area contributed by atoms with Gasteiger partial charge in [-0.3, -0.25) is 9.48 Å². The zero-order chi connectivity index (χ0) is 11.5. The molecule has 0 saturated heterocycles. The van der Waals surface area contributed by atoms with Gasteiger partial charge in [0.1, 0.15) is 0 Å². The van der Waals surface area contributed by atoms with Gasteiger partial charge in [-0.05, 0) is 33.4 Å². The van der Waals surface area contributed by atoms with Gasteiger partial charge >= 0.3 is 0 Å². The van der Waals surface area contributed by atoms with E-state index in [9.17, 15) is 4.79 Å². The third-order valence-corrected chi connectivity index (χ3v) is 2.70. The van der Waals surface area contributed by atoms with Gasteiger partial charge in [-0.15, -0.1) is 0 Å². The molecule has 0 spiro atoms. The minimum Gasteiger partial charge on any atom is -0.308 e. The SMILES string of the molecule is CCn1cc(CC(=O)C(C)(C)NC)cn1. The van der Waals surface area contributed by atoms with Crippen molar-refractivity contribution in [3.63, 3.8) is 0 Å². The molecule has 0 aliphatic heterocycles. The highest BCUT2D eigenvalue weighted by atomic mass is 16.1. The van der Waals surface area contributed by atoms with Crippen LogP contribution in [-0.2, 0) is 17.8 Å². The molecule has 0 unspecified atom stereocenters. The van der Waals surface area contributed by atoms with Gasteiger partial charge < -0.3 is 5.32 Å². The van der Waals surface area contributed by atoms with Gasteiger partial charge in [-0.2, -0.15) is 5.10 Å². The normalized spacial score (nSPS) is 11.7. The van der Waals surface area contributed by atoms with Gasteiger partial charge in [0.25, 0.3) is 0 Å². The summed E-state index contributed by atoms with van der Waals surface area (Å²) >= 11 is 0. The third-order valence-electron chi connectivity index (χ3n) is 2.70. The largest absolute Gasteiger partial charge is 0.308 e. The molecule has 0 aromatic carbocycles. The fourth-order valence-corrected chi connectivity index (χ4v) is 1.22. The average Bonchev–Trinajstić information content (AvgIpc) is 2.65. The summed E-state index contributed by atoms with van der Waals surface area (Å²) in [6.45, 7) is 6.64. The minimum absolute atomic E-state index is 0.181. The van der Waals surface area contributed by atoms with E-state index in [2.05, 4.69) is 10.4 Å². The second-order valence-corrected chi connectivity index (χ2v) is 4.18. The fourth-order valence-electron chi connectivity index (χ4n) is 1.22. The van der Waals surface area contributed by atoms with Crippen molar-refractivity contribution in [1.82, 2.24) is 15.1 Å². The average molecular weight is 209 g/mol. The van der Waals surface area contributed by atoms with Gasteiger partial charge in [0.15, 0.2) is 5.78 Å². The van der Waals surface area contributed by atoms with E-state index in [0.29, 0.717) is 6.42 Å². The van der Waals surface area contributed by atoms with Crippen LogP contribution >= 0.6 is 0 Å². The van der Waals surface area contributed by atoms with E-state index in [-0.39, 0.29) is 5.78 Å². The van der Waals surface area contributed by atoms with Crippen LogP contribution < -0.4 is 5.32 Å². The number of likely N-dealkylation sites (N-methyl/N-ethyl adjacent to an activating group) is 1. The van der Waals surface area contributed by atoms with Crippen molar-refractivity contribution in [2.24, 2.45) is 0 Å². The summed E-state index contributed by atoms with van der Waals surface area (Å²) in [5.41, 5.74) is 0.513. The molecule has 0 atom stereocenters. The number of ketones is 1. The van der Waals surface area contributed by atoms with Crippen LogP contribution in [0.25, 0.3) is 0 Å². The van der Waals surface area contributed by atoms with Gasteiger partial charge in [0, 0.05) is 19.2 Å². The summed E-state index contributed by atoms with van der Waals surface area (Å²) in [6.07, 6.45) is 4.12. The Morgan fingerprint density at radius 3 is 2.73 bits per heavy atom. The number of hydrogen-bond acceptors (Lipinski definition) is 3. The molecule has 0 amide bonds. The van der Waals surface area contributed by atoms with Crippen molar-refractivity contribution in [2.75, 3.05) is 7.05 Å². The number of carbonyl (C=O) groups excluding carboxylic acids is 1. The van der Waals surface area contributed by atoms with Crippen molar-refractivity contribution in [3.05, 3.63) is 18.0 Å². The van der Waals surface area contributed by atoms with E-state index in [0.717, 1.165) is 12.1 Å². The molecule has 0 aliphatic carbocycles. The summed E-state index contributed by atoms with van der Waals surface area (Å²) < 4.78 is 1.83. The maximum atomic E-state index is 11.9. The van der Waals surface area contributed by atoms with Crippen LogP contribution in [0.15, 0.2) is 12.4 Å². The Morgan fingerprint density at radius 1 is 1.60 bits per heavy atom. The van der Waals surface area contributed by atoms with Crippen LogP contribution in [0.4, 0.5) is 0 Å². The van der Waals surface area contributed by atoms with E-state index in [1.807, 2.05) is 31.6 Å². The second kappa shape index (κ2) is 4.57. The lowest BCUT2D eigenvalue weighted by molar-refractivity contribution is -0.123. The highest BCUT2D eigenvalue weighted by Crippen LogP contribution is 2.08. The van der Waals surface area contributed by atoms with Crippen LogP contribution in [0, 0.1) is 0 Å². The summed E-state index contributed by atoms with van der Waals surface area (Å²) in [5.74, 6) is 0.181. The zero-order valence-corrected chi connectivity index (χ0v) is 9.87. The maximum Gasteiger partial charge on any atom is 0.156 e. The van der Waals surface area contributed by atoms with Crippen molar-refractivity contribution >= 4 is 5.78 Å². The number of nitrogens with zero attached hydrogens (tertiary/aromatic N) is 2. The molecule has 0 fully saturated rings. The number of Topliss-reactive ketones (excluding diaryl/α,β-unsaturated/α-hetero) is 1. The molecule has 1 aromatic rings. The first-order chi connectivity index (χ1) is 6.99. The molecule has 1 N–H and O–H groups in total. The summed E-state index contributed by atoms with van der Waals surface area (Å²) in [4.78, 5) is 11.9. The number of aromatic nitrogens is 2. The molecule has 1 rings (SSSR count). The molecule has 1 aromatic heterocycles. The number of carbonyl (C=O) groups is 1. The molecule has 4 nitrogen and oxygen atoms in total. The number of rotatable bonds is 5. The lowest BCUT2D eigenvalue weighted by Crippen LogP contribution is -2.45. The molecule has 0 aliphatic rings. The van der Waals surface area contributed by atoms with Gasteiger partial charge in [-0.25, -0.2) is 0 Å². The Morgan fingerprint density at radius 2 is 2.27 bits per heavy atom. The molecule has 0 radical (unpaired) electrons. The van der Waals surface area contributed by atoms with Gasteiger partial charge in [0.05, 0.1) is 11.7 Å². The summed E-state index contributed by atoms with van der Waals surface area (Å²) in [7, 11) is 1.80. The Bertz CT molecular complexity index is 341. The predicted molar refractivity (Wildman–Crippen MR) is 59.8 cm³/mol. The van der Waals surface area contributed by atoms with Crippen LogP contribution in [-0.4, -0.2) is 28.2 Å².